The maximum Gasteiger partial charge on any atom is 0.0818 e. The molecule has 0 radical (unpaired) electrons. The van der Waals surface area contributed by atoms with Crippen LogP contribution in [0.15, 0.2) is 30.3 Å². The highest BCUT2D eigenvalue weighted by Gasteiger charge is 2.63. The van der Waals surface area contributed by atoms with E-state index in [2.05, 4.69) is 42.6 Å². The van der Waals surface area contributed by atoms with E-state index in [1.54, 1.807) is 5.56 Å². The van der Waals surface area contributed by atoms with Gasteiger partial charge in [0.2, 0.25) is 0 Å². The van der Waals surface area contributed by atoms with Gasteiger partial charge in [0, 0.05) is 11.5 Å². The first-order valence-electron chi connectivity index (χ1n) is 11.5. The SMILES string of the molecule is CC12CC3CC(C(=S)NC4CCC(CN)CC4)(C1)CC(c1ccccc1)(C3)C2. The Morgan fingerprint density at radius 1 is 1.04 bits per heavy atom. The summed E-state index contributed by atoms with van der Waals surface area (Å²) in [6.45, 7) is 3.40. The van der Waals surface area contributed by atoms with Gasteiger partial charge in [-0.25, -0.2) is 0 Å². The van der Waals surface area contributed by atoms with Gasteiger partial charge in [-0.2, -0.15) is 0 Å². The highest BCUT2D eigenvalue weighted by molar-refractivity contribution is 7.80. The first-order valence-corrected chi connectivity index (χ1v) is 11.9. The van der Waals surface area contributed by atoms with Crippen molar-refractivity contribution in [1.29, 1.82) is 0 Å². The summed E-state index contributed by atoms with van der Waals surface area (Å²) in [4.78, 5) is 1.21. The predicted molar refractivity (Wildman–Crippen MR) is 120 cm³/mol. The maximum atomic E-state index is 6.20. The van der Waals surface area contributed by atoms with E-state index >= 15 is 0 Å². The van der Waals surface area contributed by atoms with Crippen LogP contribution in [-0.2, 0) is 5.41 Å². The molecule has 4 atom stereocenters. The number of nitrogens with two attached hydrogens (primary N) is 1. The predicted octanol–water partition coefficient (Wildman–Crippen LogP) is 5.35. The summed E-state index contributed by atoms with van der Waals surface area (Å²) in [6.07, 6.45) is 13.0. The van der Waals surface area contributed by atoms with Gasteiger partial charge in [-0.3, -0.25) is 0 Å². The van der Waals surface area contributed by atoms with Crippen LogP contribution >= 0.6 is 12.2 Å². The molecule has 5 saturated carbocycles. The molecule has 0 aromatic heterocycles. The molecule has 1 aromatic carbocycles. The summed E-state index contributed by atoms with van der Waals surface area (Å²) in [7, 11) is 0. The fourth-order valence-corrected chi connectivity index (χ4v) is 8.56. The second-order valence-corrected chi connectivity index (χ2v) is 11.6. The Labute approximate surface area is 176 Å². The molecule has 0 heterocycles. The molecular weight excluding hydrogens is 360 g/mol. The van der Waals surface area contributed by atoms with E-state index < -0.39 is 0 Å². The van der Waals surface area contributed by atoms with Crippen molar-refractivity contribution >= 4 is 17.2 Å². The van der Waals surface area contributed by atoms with Gasteiger partial charge >= 0.3 is 0 Å². The van der Waals surface area contributed by atoms with Crippen LogP contribution in [0.25, 0.3) is 0 Å². The largest absolute Gasteiger partial charge is 0.376 e. The Hall–Kier alpha value is -0.930. The van der Waals surface area contributed by atoms with E-state index in [1.807, 2.05) is 0 Å². The third-order valence-corrected chi connectivity index (χ3v) is 9.28. The highest BCUT2D eigenvalue weighted by Crippen LogP contribution is 2.70. The van der Waals surface area contributed by atoms with Crippen molar-refractivity contribution < 1.29 is 0 Å². The minimum atomic E-state index is 0.226. The first-order chi connectivity index (χ1) is 13.4. The average molecular weight is 397 g/mol. The van der Waals surface area contributed by atoms with Crippen LogP contribution < -0.4 is 11.1 Å². The monoisotopic (exact) mass is 396 g/mol. The number of rotatable bonds is 4. The summed E-state index contributed by atoms with van der Waals surface area (Å²) >= 11 is 6.20. The lowest BCUT2D eigenvalue weighted by Gasteiger charge is -2.66. The molecule has 5 aliphatic carbocycles. The van der Waals surface area contributed by atoms with Gasteiger partial charge in [0.15, 0.2) is 0 Å². The number of hydrogen-bond donors (Lipinski definition) is 2. The van der Waals surface area contributed by atoms with Gasteiger partial charge in [0.05, 0.1) is 4.99 Å². The van der Waals surface area contributed by atoms with Gasteiger partial charge in [-0.1, -0.05) is 49.5 Å². The van der Waals surface area contributed by atoms with E-state index in [0.717, 1.165) is 18.4 Å². The zero-order valence-electron chi connectivity index (χ0n) is 17.4. The number of hydrogen-bond acceptors (Lipinski definition) is 2. The van der Waals surface area contributed by atoms with Crippen LogP contribution in [-0.4, -0.2) is 17.6 Å². The molecule has 0 saturated heterocycles. The van der Waals surface area contributed by atoms with Gasteiger partial charge in [-0.15, -0.1) is 0 Å². The van der Waals surface area contributed by atoms with Crippen molar-refractivity contribution in [2.75, 3.05) is 6.54 Å². The number of benzene rings is 1. The third-order valence-electron chi connectivity index (χ3n) is 8.73. The molecule has 28 heavy (non-hydrogen) atoms. The van der Waals surface area contributed by atoms with Crippen molar-refractivity contribution in [3.05, 3.63) is 35.9 Å². The fourth-order valence-electron chi connectivity index (χ4n) is 8.17. The van der Waals surface area contributed by atoms with Gasteiger partial charge in [0.1, 0.15) is 0 Å². The zero-order chi connectivity index (χ0) is 19.4. The molecule has 152 valence electrons. The zero-order valence-corrected chi connectivity index (χ0v) is 18.2. The van der Waals surface area contributed by atoms with E-state index in [-0.39, 0.29) is 5.41 Å². The van der Waals surface area contributed by atoms with E-state index in [4.69, 9.17) is 18.0 Å². The Balaban J connectivity index is 1.39. The lowest BCUT2D eigenvalue weighted by molar-refractivity contribution is -0.0874. The molecule has 5 aliphatic rings. The molecule has 2 nitrogen and oxygen atoms in total. The van der Waals surface area contributed by atoms with Gasteiger partial charge in [-0.05, 0) is 99.0 Å². The van der Waals surface area contributed by atoms with Crippen molar-refractivity contribution in [3.63, 3.8) is 0 Å². The van der Waals surface area contributed by atoms with Crippen LogP contribution in [0.1, 0.15) is 76.7 Å². The standard InChI is InChI=1S/C25H36N2S/c1-23-11-19-12-24(15-23,20-5-3-2-4-6-20)17-25(13-19,16-23)22(28)27-21-9-7-18(14-26)8-10-21/h2-6,18-19,21H,7-17,26H2,1H3,(H,27,28). The second-order valence-electron chi connectivity index (χ2n) is 11.2. The molecule has 1 aromatic rings. The molecule has 3 N–H and O–H groups in total. The molecule has 3 heteroatoms. The molecular formula is C25H36N2S. The smallest absolute Gasteiger partial charge is 0.0818 e. The lowest BCUT2D eigenvalue weighted by atomic mass is 9.39. The minimum Gasteiger partial charge on any atom is -0.376 e. The highest BCUT2D eigenvalue weighted by atomic mass is 32.1. The summed E-state index contributed by atoms with van der Waals surface area (Å²) < 4.78 is 0. The van der Waals surface area contributed by atoms with E-state index in [0.29, 0.717) is 16.9 Å². The molecule has 0 spiro atoms. The van der Waals surface area contributed by atoms with Crippen molar-refractivity contribution in [3.8, 4) is 0 Å². The Morgan fingerprint density at radius 3 is 2.46 bits per heavy atom. The van der Waals surface area contributed by atoms with Crippen molar-refractivity contribution in [2.45, 2.75) is 82.6 Å². The summed E-state index contributed by atoms with van der Waals surface area (Å²) in [5.41, 5.74) is 8.49. The molecule has 0 amide bonds. The van der Waals surface area contributed by atoms with Crippen molar-refractivity contribution in [2.24, 2.45) is 28.4 Å². The topological polar surface area (TPSA) is 38.0 Å². The summed E-state index contributed by atoms with van der Waals surface area (Å²) in [5, 5.41) is 3.90. The Kier molecular flexibility index (Phi) is 4.63. The van der Waals surface area contributed by atoms with Gasteiger partial charge < -0.3 is 11.1 Å². The molecule has 6 rings (SSSR count). The minimum absolute atomic E-state index is 0.226. The molecule has 4 bridgehead atoms. The fraction of sp³-hybridized carbons (Fsp3) is 0.720. The van der Waals surface area contributed by atoms with Crippen LogP contribution in [0.3, 0.4) is 0 Å². The third kappa shape index (κ3) is 3.13. The van der Waals surface area contributed by atoms with Gasteiger partial charge in [0.25, 0.3) is 0 Å². The van der Waals surface area contributed by atoms with Crippen LogP contribution in [0.5, 0.6) is 0 Å². The normalized spacial score (nSPS) is 44.4. The number of nitrogens with one attached hydrogen (secondary N) is 1. The van der Waals surface area contributed by atoms with Crippen molar-refractivity contribution in [1.82, 2.24) is 5.32 Å². The Bertz CT molecular complexity index is 740. The molecule has 5 fully saturated rings. The van der Waals surface area contributed by atoms with E-state index in [1.165, 1.54) is 69.2 Å². The average Bonchev–Trinajstić information content (AvgIpc) is 2.67. The van der Waals surface area contributed by atoms with Crippen LogP contribution in [0.4, 0.5) is 0 Å². The maximum absolute atomic E-state index is 6.20. The summed E-state index contributed by atoms with van der Waals surface area (Å²) in [5.74, 6) is 1.57. The van der Waals surface area contributed by atoms with E-state index in [9.17, 15) is 0 Å². The lowest BCUT2D eigenvalue weighted by Crippen LogP contribution is -2.62. The Morgan fingerprint density at radius 2 is 1.79 bits per heavy atom. The quantitative estimate of drug-likeness (QED) is 0.674. The molecule has 0 aliphatic heterocycles. The van der Waals surface area contributed by atoms with Crippen LogP contribution in [0, 0.1) is 22.7 Å². The molecule has 4 unspecified atom stereocenters. The summed E-state index contributed by atoms with van der Waals surface area (Å²) in [6, 6.07) is 12.0. The first kappa shape index (κ1) is 19.1. The van der Waals surface area contributed by atoms with Crippen LogP contribution in [0.2, 0.25) is 0 Å². The second kappa shape index (κ2) is 6.80. The number of thiocarbonyl (C=S) groups is 1.